The van der Waals surface area contributed by atoms with Crippen LogP contribution in [0.15, 0.2) is 0 Å². The van der Waals surface area contributed by atoms with Gasteiger partial charge in [-0.2, -0.15) is 0 Å². The second-order valence-corrected chi connectivity index (χ2v) is 3.66. The summed E-state index contributed by atoms with van der Waals surface area (Å²) in [7, 11) is 0. The van der Waals surface area contributed by atoms with Gasteiger partial charge in [0, 0.05) is 12.3 Å². The minimum Gasteiger partial charge on any atom is -0.237 e. The van der Waals surface area contributed by atoms with Gasteiger partial charge in [0.25, 0.3) is 0 Å². The summed E-state index contributed by atoms with van der Waals surface area (Å²) in [6, 6.07) is 0.697. The standard InChI is InChI=1S/C9H18N/c1-8(2)10-6-4-5-9(3)7-10/h6,8-9H,4-5,7H2,1-3H3/q+1. The van der Waals surface area contributed by atoms with Crippen molar-refractivity contribution in [2.45, 2.75) is 39.7 Å². The van der Waals surface area contributed by atoms with Crippen LogP contribution < -0.4 is 0 Å². The van der Waals surface area contributed by atoms with E-state index in [1.54, 1.807) is 0 Å². The summed E-state index contributed by atoms with van der Waals surface area (Å²) in [6.07, 6.45) is 5.01. The van der Waals surface area contributed by atoms with Crippen molar-refractivity contribution < 1.29 is 4.58 Å². The molecule has 1 aliphatic rings. The van der Waals surface area contributed by atoms with Gasteiger partial charge in [-0.15, -0.1) is 0 Å². The molecule has 1 heteroatoms. The number of hydrogen-bond donors (Lipinski definition) is 0. The van der Waals surface area contributed by atoms with Crippen molar-refractivity contribution in [3.63, 3.8) is 0 Å². The van der Waals surface area contributed by atoms with E-state index < -0.39 is 0 Å². The van der Waals surface area contributed by atoms with Gasteiger partial charge < -0.3 is 0 Å². The van der Waals surface area contributed by atoms with Crippen molar-refractivity contribution in [1.82, 2.24) is 0 Å². The fraction of sp³-hybridized carbons (Fsp3) is 0.889. The molecule has 1 unspecified atom stereocenters. The molecule has 58 valence electrons. The normalized spacial score (nSPS) is 26.8. The quantitative estimate of drug-likeness (QED) is 0.489. The van der Waals surface area contributed by atoms with Gasteiger partial charge in [-0.25, -0.2) is 4.58 Å². The fourth-order valence-corrected chi connectivity index (χ4v) is 1.47. The molecule has 1 heterocycles. The molecule has 0 N–H and O–H groups in total. The first-order valence-corrected chi connectivity index (χ1v) is 4.29. The molecule has 0 saturated heterocycles. The lowest BCUT2D eigenvalue weighted by Crippen LogP contribution is -2.30. The van der Waals surface area contributed by atoms with E-state index in [1.807, 2.05) is 0 Å². The van der Waals surface area contributed by atoms with Crippen molar-refractivity contribution >= 4 is 6.21 Å². The SMILES string of the molecule is CC1CCC=[N+](C(C)C)C1. The molecular weight excluding hydrogens is 122 g/mol. The molecule has 1 aliphatic heterocycles. The van der Waals surface area contributed by atoms with Crippen LogP contribution >= 0.6 is 0 Å². The Morgan fingerprint density at radius 2 is 2.20 bits per heavy atom. The second-order valence-electron chi connectivity index (χ2n) is 3.66. The average molecular weight is 140 g/mol. The third-order valence-corrected chi connectivity index (χ3v) is 2.21. The zero-order valence-electron chi connectivity index (χ0n) is 7.30. The minimum absolute atomic E-state index is 0.697. The first-order chi connectivity index (χ1) is 4.70. The molecule has 0 amide bonds. The number of hydrogen-bond acceptors (Lipinski definition) is 0. The Bertz CT molecular complexity index is 136. The van der Waals surface area contributed by atoms with Crippen LogP contribution in [0.1, 0.15) is 33.6 Å². The predicted molar refractivity (Wildman–Crippen MR) is 44.7 cm³/mol. The van der Waals surface area contributed by atoms with Crippen molar-refractivity contribution in [1.29, 1.82) is 0 Å². The highest BCUT2D eigenvalue weighted by atomic mass is 15.0. The lowest BCUT2D eigenvalue weighted by Gasteiger charge is -2.16. The molecule has 1 nitrogen and oxygen atoms in total. The van der Waals surface area contributed by atoms with Crippen LogP contribution in [0.3, 0.4) is 0 Å². The van der Waals surface area contributed by atoms with E-state index >= 15 is 0 Å². The van der Waals surface area contributed by atoms with E-state index in [9.17, 15) is 0 Å². The van der Waals surface area contributed by atoms with E-state index in [0.717, 1.165) is 5.92 Å². The van der Waals surface area contributed by atoms with Crippen LogP contribution in [-0.2, 0) is 0 Å². The summed E-state index contributed by atoms with van der Waals surface area (Å²) >= 11 is 0. The van der Waals surface area contributed by atoms with Crippen molar-refractivity contribution in [3.05, 3.63) is 0 Å². The van der Waals surface area contributed by atoms with Gasteiger partial charge in [0.2, 0.25) is 0 Å². The largest absolute Gasteiger partial charge is 0.237 e. The molecule has 1 rings (SSSR count). The highest BCUT2D eigenvalue weighted by molar-refractivity contribution is 5.51. The monoisotopic (exact) mass is 140 g/mol. The molecule has 0 aromatic rings. The molecule has 0 aromatic heterocycles. The van der Waals surface area contributed by atoms with E-state index in [2.05, 4.69) is 31.6 Å². The van der Waals surface area contributed by atoms with Gasteiger partial charge in [-0.3, -0.25) is 0 Å². The summed E-state index contributed by atoms with van der Waals surface area (Å²) < 4.78 is 2.45. The maximum Gasteiger partial charge on any atom is 0.146 e. The smallest absolute Gasteiger partial charge is 0.146 e. The Morgan fingerprint density at radius 3 is 2.60 bits per heavy atom. The number of rotatable bonds is 1. The van der Waals surface area contributed by atoms with Gasteiger partial charge in [-0.05, 0) is 20.3 Å². The Kier molecular flexibility index (Phi) is 2.47. The first-order valence-electron chi connectivity index (χ1n) is 4.29. The molecule has 10 heavy (non-hydrogen) atoms. The van der Waals surface area contributed by atoms with Crippen LogP contribution in [-0.4, -0.2) is 23.4 Å². The highest BCUT2D eigenvalue weighted by Gasteiger charge is 2.18. The van der Waals surface area contributed by atoms with E-state index in [1.165, 1.54) is 19.4 Å². The molecule has 0 saturated carbocycles. The molecule has 0 aliphatic carbocycles. The molecule has 0 bridgehead atoms. The summed E-state index contributed by atoms with van der Waals surface area (Å²) in [5.74, 6) is 0.896. The van der Waals surface area contributed by atoms with Crippen LogP contribution in [0.25, 0.3) is 0 Å². The Morgan fingerprint density at radius 1 is 1.50 bits per heavy atom. The average Bonchev–Trinajstić information content (AvgIpc) is 1.88. The molecule has 0 aromatic carbocycles. The molecule has 0 radical (unpaired) electrons. The van der Waals surface area contributed by atoms with Gasteiger partial charge in [0.1, 0.15) is 18.8 Å². The Hall–Kier alpha value is -0.330. The Balaban J connectivity index is 2.51. The molecule has 0 spiro atoms. The zero-order chi connectivity index (χ0) is 7.56. The lowest BCUT2D eigenvalue weighted by atomic mass is 10.0. The fourth-order valence-electron chi connectivity index (χ4n) is 1.47. The van der Waals surface area contributed by atoms with Gasteiger partial charge >= 0.3 is 0 Å². The van der Waals surface area contributed by atoms with Crippen molar-refractivity contribution in [2.75, 3.05) is 6.54 Å². The third kappa shape index (κ3) is 1.83. The van der Waals surface area contributed by atoms with Crippen molar-refractivity contribution in [3.8, 4) is 0 Å². The van der Waals surface area contributed by atoms with Gasteiger partial charge in [0.15, 0.2) is 0 Å². The topological polar surface area (TPSA) is 3.01 Å². The maximum atomic E-state index is 2.45. The molecular formula is C9H18N+. The van der Waals surface area contributed by atoms with E-state index in [4.69, 9.17) is 0 Å². The van der Waals surface area contributed by atoms with Crippen LogP contribution in [0.5, 0.6) is 0 Å². The lowest BCUT2D eigenvalue weighted by molar-refractivity contribution is -0.565. The first kappa shape index (κ1) is 7.77. The van der Waals surface area contributed by atoms with Gasteiger partial charge in [0.05, 0.1) is 0 Å². The second kappa shape index (κ2) is 3.18. The summed E-state index contributed by atoms with van der Waals surface area (Å²) in [4.78, 5) is 0. The Labute approximate surface area is 63.8 Å². The third-order valence-electron chi connectivity index (χ3n) is 2.21. The molecule has 0 fully saturated rings. The maximum absolute atomic E-state index is 2.45. The highest BCUT2D eigenvalue weighted by Crippen LogP contribution is 2.10. The summed E-state index contributed by atoms with van der Waals surface area (Å²) in [5.41, 5.74) is 0. The van der Waals surface area contributed by atoms with E-state index in [-0.39, 0.29) is 0 Å². The minimum atomic E-state index is 0.697. The predicted octanol–water partition coefficient (Wildman–Crippen LogP) is 1.91. The van der Waals surface area contributed by atoms with Crippen LogP contribution in [0, 0.1) is 5.92 Å². The summed E-state index contributed by atoms with van der Waals surface area (Å²) in [5, 5.41) is 0. The van der Waals surface area contributed by atoms with Crippen LogP contribution in [0.4, 0.5) is 0 Å². The zero-order valence-corrected chi connectivity index (χ0v) is 7.30. The van der Waals surface area contributed by atoms with Crippen LogP contribution in [0.2, 0.25) is 0 Å². The van der Waals surface area contributed by atoms with E-state index in [0.29, 0.717) is 6.04 Å². The molecule has 1 atom stereocenters. The summed E-state index contributed by atoms with van der Waals surface area (Å²) in [6.45, 7) is 8.11. The van der Waals surface area contributed by atoms with Gasteiger partial charge in [-0.1, -0.05) is 6.92 Å². The number of nitrogens with zero attached hydrogens (tertiary/aromatic N) is 1. The van der Waals surface area contributed by atoms with Crippen molar-refractivity contribution in [2.24, 2.45) is 5.92 Å².